The van der Waals surface area contributed by atoms with Crippen LogP contribution in [0, 0.1) is 25.6 Å². The topological polar surface area (TPSA) is 66.5 Å². The maximum atomic E-state index is 13.0. The van der Waals surface area contributed by atoms with Crippen LogP contribution < -0.4 is 5.32 Å². The summed E-state index contributed by atoms with van der Waals surface area (Å²) in [5.41, 5.74) is 2.91. The molecule has 1 fully saturated rings. The second kappa shape index (κ2) is 7.78. The summed E-state index contributed by atoms with van der Waals surface area (Å²) in [6, 6.07) is 10.7. The van der Waals surface area contributed by atoms with Crippen LogP contribution in [-0.2, 0) is 14.8 Å². The second-order valence-corrected chi connectivity index (χ2v) is 8.94. The van der Waals surface area contributed by atoms with Crippen molar-refractivity contribution in [1.29, 1.82) is 0 Å². The molecule has 3 rings (SSSR count). The minimum atomic E-state index is -3.66. The molecule has 1 N–H and O–H groups in total. The molecule has 27 heavy (non-hydrogen) atoms. The van der Waals surface area contributed by atoms with Crippen LogP contribution in [0.5, 0.6) is 0 Å². The van der Waals surface area contributed by atoms with Crippen LogP contribution in [0.3, 0.4) is 0 Å². The van der Waals surface area contributed by atoms with E-state index in [1.54, 1.807) is 0 Å². The van der Waals surface area contributed by atoms with Crippen molar-refractivity contribution in [2.45, 2.75) is 31.6 Å². The van der Waals surface area contributed by atoms with E-state index in [1.165, 1.54) is 16.4 Å². The van der Waals surface area contributed by atoms with Crippen molar-refractivity contribution in [2.75, 3.05) is 18.4 Å². The molecule has 7 heteroatoms. The Morgan fingerprint density at radius 2 is 1.59 bits per heavy atom. The van der Waals surface area contributed by atoms with E-state index in [1.807, 2.05) is 32.0 Å². The van der Waals surface area contributed by atoms with E-state index in [0.717, 1.165) is 28.9 Å². The Hall–Kier alpha value is -2.25. The number of anilines is 1. The second-order valence-electron chi connectivity index (χ2n) is 7.00. The number of piperidine rings is 1. The molecule has 2 aromatic carbocycles. The van der Waals surface area contributed by atoms with Crippen LogP contribution in [0.1, 0.15) is 24.0 Å². The zero-order valence-corrected chi connectivity index (χ0v) is 16.2. The van der Waals surface area contributed by atoms with Gasteiger partial charge in [0.25, 0.3) is 0 Å². The molecule has 0 unspecified atom stereocenters. The molecule has 1 aliphatic heterocycles. The Morgan fingerprint density at radius 1 is 1.04 bits per heavy atom. The first-order valence-corrected chi connectivity index (χ1v) is 10.3. The number of halogens is 1. The standard InChI is InChI=1S/C20H23FN2O3S/c1-14-11-15(2)13-18(12-14)22-20(24)16-7-9-23(10-8-16)27(25,26)19-5-3-17(21)4-6-19/h3-6,11-13,16H,7-10H2,1-2H3,(H,22,24). The lowest BCUT2D eigenvalue weighted by Gasteiger charge is -2.30. The first-order chi connectivity index (χ1) is 12.8. The molecule has 0 saturated carbocycles. The predicted octanol–water partition coefficient (Wildman–Crippen LogP) is 3.48. The zero-order chi connectivity index (χ0) is 19.6. The van der Waals surface area contributed by atoms with Gasteiger partial charge in [-0.05, 0) is 74.2 Å². The Morgan fingerprint density at radius 3 is 2.15 bits per heavy atom. The lowest BCUT2D eigenvalue weighted by Crippen LogP contribution is -2.41. The highest BCUT2D eigenvalue weighted by molar-refractivity contribution is 7.89. The van der Waals surface area contributed by atoms with Crippen LogP contribution in [0.2, 0.25) is 0 Å². The number of hydrogen-bond donors (Lipinski definition) is 1. The smallest absolute Gasteiger partial charge is 0.243 e. The summed E-state index contributed by atoms with van der Waals surface area (Å²) in [4.78, 5) is 12.6. The van der Waals surface area contributed by atoms with Gasteiger partial charge in [0.1, 0.15) is 5.82 Å². The van der Waals surface area contributed by atoms with E-state index in [9.17, 15) is 17.6 Å². The number of hydrogen-bond acceptors (Lipinski definition) is 3. The lowest BCUT2D eigenvalue weighted by molar-refractivity contribution is -0.120. The molecule has 144 valence electrons. The molecular formula is C20H23FN2O3S. The molecule has 0 radical (unpaired) electrons. The van der Waals surface area contributed by atoms with E-state index in [2.05, 4.69) is 5.32 Å². The van der Waals surface area contributed by atoms with Crippen molar-refractivity contribution in [3.05, 3.63) is 59.4 Å². The maximum Gasteiger partial charge on any atom is 0.243 e. The highest BCUT2D eigenvalue weighted by Gasteiger charge is 2.32. The average Bonchev–Trinajstić information content (AvgIpc) is 2.61. The first-order valence-electron chi connectivity index (χ1n) is 8.90. The fourth-order valence-corrected chi connectivity index (χ4v) is 4.87. The van der Waals surface area contributed by atoms with E-state index >= 15 is 0 Å². The molecule has 1 amide bonds. The Kier molecular flexibility index (Phi) is 5.62. The van der Waals surface area contributed by atoms with Gasteiger partial charge in [0.2, 0.25) is 15.9 Å². The van der Waals surface area contributed by atoms with Crippen LogP contribution in [0.25, 0.3) is 0 Å². The monoisotopic (exact) mass is 390 g/mol. The molecule has 2 aromatic rings. The number of sulfonamides is 1. The molecular weight excluding hydrogens is 367 g/mol. The van der Waals surface area contributed by atoms with Gasteiger partial charge >= 0.3 is 0 Å². The highest BCUT2D eigenvalue weighted by Crippen LogP contribution is 2.25. The number of carbonyl (C=O) groups excluding carboxylic acids is 1. The van der Waals surface area contributed by atoms with Gasteiger partial charge < -0.3 is 5.32 Å². The fraction of sp³-hybridized carbons (Fsp3) is 0.350. The van der Waals surface area contributed by atoms with Crippen LogP contribution in [0.4, 0.5) is 10.1 Å². The number of carbonyl (C=O) groups is 1. The first kappa shape index (κ1) is 19.5. The third kappa shape index (κ3) is 4.54. The summed E-state index contributed by atoms with van der Waals surface area (Å²) < 4.78 is 39.7. The van der Waals surface area contributed by atoms with Gasteiger partial charge in [-0.2, -0.15) is 4.31 Å². The van der Waals surface area contributed by atoms with Crippen molar-refractivity contribution in [1.82, 2.24) is 4.31 Å². The van der Waals surface area contributed by atoms with E-state index in [4.69, 9.17) is 0 Å². The lowest BCUT2D eigenvalue weighted by atomic mass is 9.97. The van der Waals surface area contributed by atoms with Crippen molar-refractivity contribution >= 4 is 21.6 Å². The molecule has 1 aliphatic rings. The normalized spacial score (nSPS) is 16.3. The van der Waals surface area contributed by atoms with Gasteiger partial charge in [0, 0.05) is 24.7 Å². The summed E-state index contributed by atoms with van der Waals surface area (Å²) >= 11 is 0. The Bertz CT molecular complexity index is 914. The van der Waals surface area contributed by atoms with Gasteiger partial charge in [0.15, 0.2) is 0 Å². The van der Waals surface area contributed by atoms with Gasteiger partial charge in [-0.1, -0.05) is 6.07 Å². The van der Waals surface area contributed by atoms with Gasteiger partial charge in [-0.3, -0.25) is 4.79 Å². The van der Waals surface area contributed by atoms with E-state index in [0.29, 0.717) is 12.8 Å². The molecule has 1 saturated heterocycles. The summed E-state index contributed by atoms with van der Waals surface area (Å²) in [5.74, 6) is -0.792. The highest BCUT2D eigenvalue weighted by atomic mass is 32.2. The van der Waals surface area contributed by atoms with E-state index < -0.39 is 15.8 Å². The SMILES string of the molecule is Cc1cc(C)cc(NC(=O)C2CCN(S(=O)(=O)c3ccc(F)cc3)CC2)c1. The van der Waals surface area contributed by atoms with Gasteiger partial charge in [0.05, 0.1) is 4.90 Å². The molecule has 0 spiro atoms. The number of amides is 1. The fourth-order valence-electron chi connectivity index (χ4n) is 3.41. The largest absolute Gasteiger partial charge is 0.326 e. The number of benzene rings is 2. The van der Waals surface area contributed by atoms with Crippen LogP contribution in [-0.4, -0.2) is 31.7 Å². The van der Waals surface area contributed by atoms with Crippen molar-refractivity contribution < 1.29 is 17.6 Å². The summed E-state index contributed by atoms with van der Waals surface area (Å²) in [6.45, 7) is 4.48. The Labute approximate surface area is 159 Å². The van der Waals surface area contributed by atoms with E-state index in [-0.39, 0.29) is 29.8 Å². The predicted molar refractivity (Wildman–Crippen MR) is 102 cm³/mol. The van der Waals surface area contributed by atoms with Gasteiger partial charge in [-0.25, -0.2) is 12.8 Å². The van der Waals surface area contributed by atoms with Crippen LogP contribution >= 0.6 is 0 Å². The quantitative estimate of drug-likeness (QED) is 0.869. The maximum absolute atomic E-state index is 13.0. The number of nitrogens with one attached hydrogen (secondary N) is 1. The minimum absolute atomic E-state index is 0.0713. The molecule has 1 heterocycles. The third-order valence-corrected chi connectivity index (χ3v) is 6.68. The molecule has 0 aromatic heterocycles. The van der Waals surface area contributed by atoms with Gasteiger partial charge in [-0.15, -0.1) is 0 Å². The average molecular weight is 390 g/mol. The number of nitrogens with zero attached hydrogens (tertiary/aromatic N) is 1. The summed E-state index contributed by atoms with van der Waals surface area (Å²) in [7, 11) is -3.66. The Balaban J connectivity index is 1.62. The molecule has 0 atom stereocenters. The summed E-state index contributed by atoms with van der Waals surface area (Å²) in [5, 5.41) is 2.94. The molecule has 5 nitrogen and oxygen atoms in total. The number of aryl methyl sites for hydroxylation is 2. The zero-order valence-electron chi connectivity index (χ0n) is 15.4. The third-order valence-electron chi connectivity index (χ3n) is 4.77. The van der Waals surface area contributed by atoms with Crippen molar-refractivity contribution in [3.63, 3.8) is 0 Å². The molecule has 0 aliphatic carbocycles. The van der Waals surface area contributed by atoms with Crippen molar-refractivity contribution in [3.8, 4) is 0 Å². The van der Waals surface area contributed by atoms with Crippen LogP contribution in [0.15, 0.2) is 47.4 Å². The summed E-state index contributed by atoms with van der Waals surface area (Å²) in [6.07, 6.45) is 0.911. The number of rotatable bonds is 4. The molecule has 0 bridgehead atoms. The minimum Gasteiger partial charge on any atom is -0.326 e. The van der Waals surface area contributed by atoms with Crippen molar-refractivity contribution in [2.24, 2.45) is 5.92 Å².